The lowest BCUT2D eigenvalue weighted by Gasteiger charge is -1.76. The van der Waals surface area contributed by atoms with E-state index >= 15 is 0 Å². The summed E-state index contributed by atoms with van der Waals surface area (Å²) in [6, 6.07) is 0. The normalized spacial score (nSPS) is 13.5. The van der Waals surface area contributed by atoms with E-state index in [0.717, 1.165) is 0 Å². The molecule has 0 radical (unpaired) electrons. The highest BCUT2D eigenvalue weighted by Crippen LogP contribution is 1.93. The predicted molar refractivity (Wildman–Crippen MR) is 50.7 cm³/mol. The third-order valence-corrected chi connectivity index (χ3v) is 1.09. The van der Waals surface area contributed by atoms with Crippen LogP contribution in [0.1, 0.15) is 0 Å². The van der Waals surface area contributed by atoms with E-state index in [1.54, 1.807) is 0 Å². The highest BCUT2D eigenvalue weighted by molar-refractivity contribution is 5.58. The Morgan fingerprint density at radius 1 is 0.500 bits per heavy atom. The molecular formula is C12H6. The second-order valence-corrected chi connectivity index (χ2v) is 2.19. The standard InChI is InChI=1S/C12H6/c1-10-4-6-11(2)8-9-12(3)7-5-10/h1-3H2. The highest BCUT2D eigenvalue weighted by Gasteiger charge is 1.85. The summed E-state index contributed by atoms with van der Waals surface area (Å²) in [5, 5.41) is 0. The lowest BCUT2D eigenvalue weighted by atomic mass is 10.2. The van der Waals surface area contributed by atoms with Gasteiger partial charge in [-0.1, -0.05) is 55.3 Å². The van der Waals surface area contributed by atoms with E-state index < -0.39 is 0 Å². The van der Waals surface area contributed by atoms with Crippen molar-refractivity contribution in [3.05, 3.63) is 36.5 Å². The Morgan fingerprint density at radius 2 is 0.667 bits per heavy atom. The SMILES string of the molecule is C=C1C#CC(=C)C#CC(=C)C#C1. The second-order valence-electron chi connectivity index (χ2n) is 2.19. The van der Waals surface area contributed by atoms with E-state index in [-0.39, 0.29) is 0 Å². The Bertz CT molecular complexity index is 338. The van der Waals surface area contributed by atoms with E-state index in [4.69, 9.17) is 0 Å². The smallest absolute Gasteiger partial charge is 0.0680 e. The van der Waals surface area contributed by atoms with Crippen LogP contribution in [0.2, 0.25) is 0 Å². The van der Waals surface area contributed by atoms with Crippen LogP contribution in [0.5, 0.6) is 0 Å². The van der Waals surface area contributed by atoms with Gasteiger partial charge in [0.15, 0.2) is 0 Å². The molecule has 1 aliphatic carbocycles. The first-order chi connectivity index (χ1) is 5.68. The first kappa shape index (κ1) is 8.00. The Labute approximate surface area is 72.7 Å². The first-order valence-corrected chi connectivity index (χ1v) is 3.31. The van der Waals surface area contributed by atoms with Crippen LogP contribution in [-0.4, -0.2) is 0 Å². The van der Waals surface area contributed by atoms with Crippen molar-refractivity contribution >= 4 is 0 Å². The Kier molecular flexibility index (Phi) is 2.23. The molecule has 0 bridgehead atoms. The molecule has 0 heteroatoms. The van der Waals surface area contributed by atoms with Gasteiger partial charge in [-0.25, -0.2) is 0 Å². The highest BCUT2D eigenvalue weighted by atomic mass is 13.9. The van der Waals surface area contributed by atoms with Crippen LogP contribution in [0.3, 0.4) is 0 Å². The number of rotatable bonds is 0. The third kappa shape index (κ3) is 2.26. The molecule has 54 valence electrons. The maximum absolute atomic E-state index is 3.64. The van der Waals surface area contributed by atoms with E-state index in [0.29, 0.717) is 16.7 Å². The van der Waals surface area contributed by atoms with Crippen LogP contribution in [0, 0.1) is 35.5 Å². The molecule has 0 aromatic heterocycles. The van der Waals surface area contributed by atoms with Gasteiger partial charge in [-0.3, -0.25) is 0 Å². The Balaban J connectivity index is 3.15. The van der Waals surface area contributed by atoms with Crippen molar-refractivity contribution in [2.24, 2.45) is 0 Å². The van der Waals surface area contributed by atoms with E-state index in [1.165, 1.54) is 0 Å². The van der Waals surface area contributed by atoms with Crippen LogP contribution in [-0.2, 0) is 0 Å². The lowest BCUT2D eigenvalue weighted by Crippen LogP contribution is -1.69. The van der Waals surface area contributed by atoms with Crippen LogP contribution in [0.25, 0.3) is 0 Å². The topological polar surface area (TPSA) is 0 Å². The predicted octanol–water partition coefficient (Wildman–Crippen LogP) is 1.68. The Morgan fingerprint density at radius 3 is 0.833 bits per heavy atom. The van der Waals surface area contributed by atoms with Crippen molar-refractivity contribution < 1.29 is 0 Å². The van der Waals surface area contributed by atoms with E-state index in [1.807, 2.05) is 0 Å². The van der Waals surface area contributed by atoms with Crippen molar-refractivity contribution in [1.82, 2.24) is 0 Å². The minimum absolute atomic E-state index is 0.558. The van der Waals surface area contributed by atoms with Crippen molar-refractivity contribution in [1.29, 1.82) is 0 Å². The molecule has 0 aromatic carbocycles. The number of hydrogen-bond donors (Lipinski definition) is 0. The summed E-state index contributed by atoms with van der Waals surface area (Å²) in [7, 11) is 0. The van der Waals surface area contributed by atoms with Crippen molar-refractivity contribution in [2.45, 2.75) is 0 Å². The second kappa shape index (κ2) is 3.34. The molecule has 1 rings (SSSR count). The molecule has 0 heterocycles. The van der Waals surface area contributed by atoms with Crippen LogP contribution in [0.15, 0.2) is 36.5 Å². The minimum atomic E-state index is 0.558. The van der Waals surface area contributed by atoms with Gasteiger partial charge in [0.1, 0.15) is 0 Å². The summed E-state index contributed by atoms with van der Waals surface area (Å²) in [5.74, 6) is 16.4. The molecule has 0 spiro atoms. The summed E-state index contributed by atoms with van der Waals surface area (Å²) in [6.45, 7) is 10.9. The molecule has 0 amide bonds. The quantitative estimate of drug-likeness (QED) is 0.461. The zero-order chi connectivity index (χ0) is 8.97. The fourth-order valence-corrected chi connectivity index (χ4v) is 0.546. The molecule has 0 fully saturated rings. The van der Waals surface area contributed by atoms with Crippen molar-refractivity contribution in [3.63, 3.8) is 0 Å². The van der Waals surface area contributed by atoms with Gasteiger partial charge in [-0.2, -0.15) is 0 Å². The average molecular weight is 150 g/mol. The number of hydrogen-bond acceptors (Lipinski definition) is 0. The van der Waals surface area contributed by atoms with Crippen LogP contribution in [0.4, 0.5) is 0 Å². The molecule has 0 unspecified atom stereocenters. The summed E-state index contributed by atoms with van der Waals surface area (Å²) in [6.07, 6.45) is 0. The zero-order valence-electron chi connectivity index (χ0n) is 6.62. The van der Waals surface area contributed by atoms with Gasteiger partial charge >= 0.3 is 0 Å². The summed E-state index contributed by atoms with van der Waals surface area (Å²) >= 11 is 0. The molecule has 0 N–H and O–H groups in total. The van der Waals surface area contributed by atoms with Crippen LogP contribution < -0.4 is 0 Å². The fraction of sp³-hybridized carbons (Fsp3) is 0. The molecule has 12 heavy (non-hydrogen) atoms. The molecule has 0 aromatic rings. The van der Waals surface area contributed by atoms with E-state index in [9.17, 15) is 0 Å². The van der Waals surface area contributed by atoms with Gasteiger partial charge < -0.3 is 0 Å². The molecule has 0 atom stereocenters. The van der Waals surface area contributed by atoms with Crippen molar-refractivity contribution in [3.8, 4) is 35.5 Å². The van der Waals surface area contributed by atoms with Gasteiger partial charge in [0.05, 0.1) is 16.7 Å². The summed E-state index contributed by atoms with van der Waals surface area (Å²) < 4.78 is 0. The largest absolute Gasteiger partial charge is 0.0747 e. The monoisotopic (exact) mass is 150 g/mol. The van der Waals surface area contributed by atoms with Gasteiger partial charge in [0, 0.05) is 0 Å². The maximum Gasteiger partial charge on any atom is 0.0680 e. The Hall–Kier alpha value is -2.10. The fourth-order valence-electron chi connectivity index (χ4n) is 0.546. The third-order valence-electron chi connectivity index (χ3n) is 1.09. The minimum Gasteiger partial charge on any atom is -0.0747 e. The molecule has 0 saturated heterocycles. The van der Waals surface area contributed by atoms with Gasteiger partial charge in [-0.05, 0) is 0 Å². The molecule has 0 saturated carbocycles. The summed E-state index contributed by atoms with van der Waals surface area (Å²) in [5.41, 5.74) is 1.67. The molecule has 0 nitrogen and oxygen atoms in total. The van der Waals surface area contributed by atoms with Gasteiger partial charge in [-0.15, -0.1) is 0 Å². The summed E-state index contributed by atoms with van der Waals surface area (Å²) in [4.78, 5) is 0. The van der Waals surface area contributed by atoms with Gasteiger partial charge in [0.2, 0.25) is 0 Å². The van der Waals surface area contributed by atoms with Crippen molar-refractivity contribution in [2.75, 3.05) is 0 Å². The van der Waals surface area contributed by atoms with Gasteiger partial charge in [0.25, 0.3) is 0 Å². The maximum atomic E-state index is 3.64. The van der Waals surface area contributed by atoms with E-state index in [2.05, 4.69) is 55.3 Å². The zero-order valence-corrected chi connectivity index (χ0v) is 6.62. The van der Waals surface area contributed by atoms with Crippen LogP contribution >= 0.6 is 0 Å². The number of allylic oxidation sites excluding steroid dienone is 3. The lowest BCUT2D eigenvalue weighted by molar-refractivity contribution is 1.92. The average Bonchev–Trinajstić information content (AvgIpc) is 2.11. The molecule has 1 aliphatic rings. The first-order valence-electron chi connectivity index (χ1n) is 3.31. The molecular weight excluding hydrogens is 144 g/mol. The molecule has 0 aliphatic heterocycles.